The van der Waals surface area contributed by atoms with Crippen LogP contribution in [0, 0.1) is 0 Å². The second-order valence-corrected chi connectivity index (χ2v) is 19.9. The molecule has 0 spiro atoms. The van der Waals surface area contributed by atoms with Crippen LogP contribution in [0.5, 0.6) is 23.0 Å². The molecule has 10 atom stereocenters. The number of unbranched alkanes of at least 4 members (excludes halogenated alkanes) is 13. The lowest BCUT2D eigenvalue weighted by Gasteiger charge is -2.46. The van der Waals surface area contributed by atoms with Crippen molar-refractivity contribution >= 4 is 27.9 Å². The number of fused-ring (bicyclic) bond motifs is 2. The van der Waals surface area contributed by atoms with Crippen molar-refractivity contribution in [2.45, 2.75) is 212 Å². The van der Waals surface area contributed by atoms with Gasteiger partial charge in [0.2, 0.25) is 11.7 Å². The van der Waals surface area contributed by atoms with Crippen LogP contribution < -0.4 is 14.9 Å². The van der Waals surface area contributed by atoms with Crippen LogP contribution in [-0.2, 0) is 36.6 Å². The predicted octanol–water partition coefficient (Wildman–Crippen LogP) is 7.75. The molecule has 17 nitrogen and oxygen atoms in total. The van der Waals surface area contributed by atoms with Gasteiger partial charge in [0.25, 0.3) is 0 Å². The largest absolute Gasteiger partial charge is 0.507 e. The average molecular weight is 1030 g/mol. The minimum Gasteiger partial charge on any atom is -0.507 e. The Bertz CT molecular complexity index is 2360. The van der Waals surface area contributed by atoms with Gasteiger partial charge in [-0.2, -0.15) is 0 Å². The fourth-order valence-corrected chi connectivity index (χ4v) is 9.17. The van der Waals surface area contributed by atoms with Gasteiger partial charge >= 0.3 is 5.97 Å². The first-order valence-corrected chi connectivity index (χ1v) is 26.3. The van der Waals surface area contributed by atoms with E-state index in [9.17, 15) is 50.4 Å². The van der Waals surface area contributed by atoms with Crippen LogP contribution in [0.4, 0.5) is 0 Å². The zero-order valence-corrected chi connectivity index (χ0v) is 43.6. The SMILES string of the molecule is CCCCCCCCCC/C=C/CCCCCCCC(=O)OC[C@H]1O[C@@H](Oc2cc(O)c3oc4c(OC)cc(CC=C(C)C)c(O)c4c(=O)c3c2CC=C(C)C)[C@H](O)[C@@H](O)[C@@H]1O[C@@H]1O[C@H](CO)[C@@H](O)[C@H](O)[C@H]1O. The first kappa shape index (κ1) is 59.3. The van der Waals surface area contributed by atoms with E-state index in [1.807, 2.05) is 33.8 Å². The van der Waals surface area contributed by atoms with Crippen LogP contribution in [0.15, 0.2) is 56.8 Å². The monoisotopic (exact) mass is 1030 g/mol. The summed E-state index contributed by atoms with van der Waals surface area (Å²) in [7, 11) is 1.39. The van der Waals surface area contributed by atoms with Gasteiger partial charge in [-0.3, -0.25) is 9.59 Å². The molecule has 73 heavy (non-hydrogen) atoms. The van der Waals surface area contributed by atoms with E-state index in [4.69, 9.17) is 32.8 Å². The van der Waals surface area contributed by atoms with E-state index in [2.05, 4.69) is 19.1 Å². The smallest absolute Gasteiger partial charge is 0.305 e. The van der Waals surface area contributed by atoms with E-state index >= 15 is 0 Å². The molecule has 3 heterocycles. The van der Waals surface area contributed by atoms with Gasteiger partial charge in [-0.05, 0) is 78.7 Å². The molecule has 0 bridgehead atoms. The molecule has 2 aliphatic heterocycles. The van der Waals surface area contributed by atoms with Gasteiger partial charge in [-0.15, -0.1) is 0 Å². The third-order valence-corrected chi connectivity index (χ3v) is 13.5. The summed E-state index contributed by atoms with van der Waals surface area (Å²) in [4.78, 5) is 27.8. The van der Waals surface area contributed by atoms with Crippen LogP contribution in [0.1, 0.15) is 148 Å². The second-order valence-electron chi connectivity index (χ2n) is 19.9. The number of hydrogen-bond acceptors (Lipinski definition) is 17. The number of allylic oxidation sites excluding steroid dienone is 6. The van der Waals surface area contributed by atoms with Crippen molar-refractivity contribution in [3.8, 4) is 23.0 Å². The summed E-state index contributed by atoms with van der Waals surface area (Å²) in [5.41, 5.74) is 1.31. The van der Waals surface area contributed by atoms with Crippen LogP contribution in [0.3, 0.4) is 0 Å². The van der Waals surface area contributed by atoms with Crippen LogP contribution in [0.2, 0.25) is 0 Å². The number of aliphatic hydroxyl groups excluding tert-OH is 6. The van der Waals surface area contributed by atoms with Crippen LogP contribution >= 0.6 is 0 Å². The maximum Gasteiger partial charge on any atom is 0.305 e. The zero-order chi connectivity index (χ0) is 53.2. The predicted molar refractivity (Wildman–Crippen MR) is 276 cm³/mol. The molecular formula is C56H82O17. The van der Waals surface area contributed by atoms with Crippen molar-refractivity contribution < 1.29 is 78.5 Å². The number of carbonyl (C=O) groups excluding carboxylic acids is 1. The van der Waals surface area contributed by atoms with E-state index in [-0.39, 0.29) is 64.0 Å². The van der Waals surface area contributed by atoms with Gasteiger partial charge in [-0.25, -0.2) is 0 Å². The summed E-state index contributed by atoms with van der Waals surface area (Å²) in [6.45, 7) is 8.36. The van der Waals surface area contributed by atoms with Crippen molar-refractivity contribution in [1.82, 2.24) is 0 Å². The number of ether oxygens (including phenoxy) is 6. The Kier molecular flexibility index (Phi) is 24.0. The summed E-state index contributed by atoms with van der Waals surface area (Å²) in [6.07, 6.45) is 8.17. The highest BCUT2D eigenvalue weighted by atomic mass is 16.7. The van der Waals surface area contributed by atoms with Crippen molar-refractivity contribution in [2.75, 3.05) is 20.3 Å². The first-order valence-electron chi connectivity index (χ1n) is 26.3. The van der Waals surface area contributed by atoms with Gasteiger partial charge < -0.3 is 73.7 Å². The number of phenols is 2. The molecule has 2 aromatic carbocycles. The molecule has 5 rings (SSSR count). The minimum absolute atomic E-state index is 0.0196. The molecule has 0 radical (unpaired) electrons. The van der Waals surface area contributed by atoms with Gasteiger partial charge in [0.15, 0.2) is 29.0 Å². The summed E-state index contributed by atoms with van der Waals surface area (Å²) in [5.74, 6) is -1.50. The number of esters is 1. The molecule has 0 amide bonds. The Labute approximate surface area is 429 Å². The molecule has 0 saturated carbocycles. The highest BCUT2D eigenvalue weighted by molar-refractivity contribution is 6.00. The summed E-state index contributed by atoms with van der Waals surface area (Å²) < 4.78 is 41.3. The van der Waals surface area contributed by atoms with Crippen molar-refractivity contribution in [1.29, 1.82) is 0 Å². The maximum atomic E-state index is 14.7. The van der Waals surface area contributed by atoms with E-state index in [0.29, 0.717) is 12.0 Å². The molecule has 3 aromatic rings. The first-order chi connectivity index (χ1) is 35.0. The number of rotatable bonds is 29. The molecule has 1 aromatic heterocycles. The molecule has 2 saturated heterocycles. The third-order valence-electron chi connectivity index (χ3n) is 13.5. The summed E-state index contributed by atoms with van der Waals surface area (Å²) >= 11 is 0. The molecule has 0 unspecified atom stereocenters. The Balaban J connectivity index is 1.32. The van der Waals surface area contributed by atoms with E-state index < -0.39 is 91.8 Å². The Hall–Kier alpha value is -4.56. The second kappa shape index (κ2) is 29.5. The minimum atomic E-state index is -1.96. The number of aromatic hydroxyl groups is 2. The molecular weight excluding hydrogens is 945 g/mol. The van der Waals surface area contributed by atoms with E-state index in [1.54, 1.807) is 12.1 Å². The van der Waals surface area contributed by atoms with E-state index in [1.165, 1.54) is 58.5 Å². The molecule has 408 valence electrons. The van der Waals surface area contributed by atoms with Gasteiger partial charge in [-0.1, -0.05) is 107 Å². The van der Waals surface area contributed by atoms with Gasteiger partial charge in [0, 0.05) is 23.6 Å². The highest BCUT2D eigenvalue weighted by Gasteiger charge is 2.52. The van der Waals surface area contributed by atoms with Crippen molar-refractivity contribution in [2.24, 2.45) is 0 Å². The topological polar surface area (TPSA) is 264 Å². The van der Waals surface area contributed by atoms with Gasteiger partial charge in [0.05, 0.1) is 19.1 Å². The lowest BCUT2D eigenvalue weighted by molar-refractivity contribution is -0.352. The molecule has 0 aliphatic carbocycles. The number of phenolic OH excluding ortho intramolecular Hbond substituents is 2. The van der Waals surface area contributed by atoms with Crippen molar-refractivity contribution in [3.63, 3.8) is 0 Å². The summed E-state index contributed by atoms with van der Waals surface area (Å²) in [6, 6.07) is 2.71. The molecule has 8 N–H and O–H groups in total. The number of carbonyl (C=O) groups is 1. The van der Waals surface area contributed by atoms with Crippen LogP contribution in [-0.4, -0.2) is 129 Å². The highest BCUT2D eigenvalue weighted by Crippen LogP contribution is 2.42. The van der Waals surface area contributed by atoms with Gasteiger partial charge in [0.1, 0.15) is 72.3 Å². The Morgan fingerprint density at radius 2 is 1.26 bits per heavy atom. The number of hydrogen-bond donors (Lipinski definition) is 8. The Morgan fingerprint density at radius 3 is 1.88 bits per heavy atom. The standard InChI is InChI=1S/C56H82O17/c1-7-8-9-10-11-12-13-14-15-16-17-18-19-20-21-22-23-24-42(59)68-32-41-54(73-56-50(65)48(63)46(61)40(31-57)70-56)49(64)51(66)55(71-41)69-38-30-37(58)52-43(36(38)28-26-34(4)5)47(62)44-45(60)35(27-25-33(2)3)29-39(67-6)53(44)72-52/h16-17,25-26,29-30,40-41,46,48-51,54-58,60-61,63-66H,7-15,18-24,27-28,31-32H2,1-6H3/b17-16+/t40-,41-,46-,48+,49-,50-,51-,54-,55-,56+/m1/s1. The number of benzene rings is 2. The zero-order valence-electron chi connectivity index (χ0n) is 43.6. The molecule has 2 aliphatic rings. The lowest BCUT2D eigenvalue weighted by Crippen LogP contribution is -2.65. The fourth-order valence-electron chi connectivity index (χ4n) is 9.17. The third kappa shape index (κ3) is 16.2. The molecule has 17 heteroatoms. The normalized spacial score (nSPS) is 24.3. The number of aliphatic hydroxyl groups is 6. The van der Waals surface area contributed by atoms with Crippen molar-refractivity contribution in [3.05, 3.63) is 68.9 Å². The number of methoxy groups -OCH3 is 1. The molecule has 2 fully saturated rings. The lowest BCUT2D eigenvalue weighted by atomic mass is 9.96. The quantitative estimate of drug-likeness (QED) is 0.0143. The maximum absolute atomic E-state index is 14.7. The fraction of sp³-hybridized carbons (Fsp3) is 0.643. The average Bonchev–Trinajstić information content (AvgIpc) is 3.36. The van der Waals surface area contributed by atoms with E-state index in [0.717, 1.165) is 55.7 Å². The summed E-state index contributed by atoms with van der Waals surface area (Å²) in [5, 5.41) is 87.6. The van der Waals surface area contributed by atoms with Crippen LogP contribution in [0.25, 0.3) is 21.9 Å². The Morgan fingerprint density at radius 1 is 0.671 bits per heavy atom.